The number of rotatable bonds is 5. The van der Waals surface area contributed by atoms with Gasteiger partial charge in [-0.25, -0.2) is 0 Å². The van der Waals surface area contributed by atoms with Crippen LogP contribution in [-0.4, -0.2) is 38.1 Å². The molecule has 0 amide bonds. The van der Waals surface area contributed by atoms with E-state index in [0.29, 0.717) is 36.1 Å². The lowest BCUT2D eigenvalue weighted by Crippen LogP contribution is -2.35. The fourth-order valence-corrected chi connectivity index (χ4v) is 4.36. The van der Waals surface area contributed by atoms with Crippen molar-refractivity contribution in [3.05, 3.63) is 63.9 Å². The van der Waals surface area contributed by atoms with Gasteiger partial charge in [0, 0.05) is 23.7 Å². The summed E-state index contributed by atoms with van der Waals surface area (Å²) in [5.74, 6) is 3.29. The molecule has 1 atom stereocenters. The smallest absolute Gasteiger partial charge is 0.254 e. The largest absolute Gasteiger partial charge is 0.493 e. The quantitative estimate of drug-likeness (QED) is 0.610. The van der Waals surface area contributed by atoms with Crippen molar-refractivity contribution in [3.8, 4) is 40.0 Å². The molecule has 1 unspecified atom stereocenters. The van der Waals surface area contributed by atoms with Crippen molar-refractivity contribution in [2.45, 2.75) is 26.0 Å². The number of aryl methyl sites for hydroxylation is 1. The Morgan fingerprint density at radius 3 is 2.56 bits per heavy atom. The Morgan fingerprint density at radius 1 is 1.03 bits per heavy atom. The zero-order valence-corrected chi connectivity index (χ0v) is 18.3. The van der Waals surface area contributed by atoms with Gasteiger partial charge in [0.2, 0.25) is 0 Å². The van der Waals surface area contributed by atoms with Gasteiger partial charge in [-0.05, 0) is 43.2 Å². The van der Waals surface area contributed by atoms with Gasteiger partial charge in [0.1, 0.15) is 19.0 Å². The maximum absolute atomic E-state index is 12.9. The maximum atomic E-state index is 12.9. The van der Waals surface area contributed by atoms with Gasteiger partial charge < -0.3 is 28.3 Å². The highest BCUT2D eigenvalue weighted by Gasteiger charge is 2.26. The lowest BCUT2D eigenvalue weighted by molar-refractivity contribution is 0.0533. The van der Waals surface area contributed by atoms with Crippen LogP contribution in [0.25, 0.3) is 11.3 Å². The zero-order chi connectivity index (χ0) is 22.2. The van der Waals surface area contributed by atoms with Gasteiger partial charge in [-0.1, -0.05) is 12.1 Å². The first-order chi connectivity index (χ1) is 15.6. The van der Waals surface area contributed by atoms with Crippen molar-refractivity contribution in [1.82, 2.24) is 4.57 Å². The summed E-state index contributed by atoms with van der Waals surface area (Å²) in [6.45, 7) is 3.24. The van der Waals surface area contributed by atoms with Gasteiger partial charge >= 0.3 is 0 Å². The molecule has 3 aromatic rings. The topological polar surface area (TPSA) is 68.2 Å². The number of nitrogens with zero attached hydrogens (tertiary/aromatic N) is 1. The Kier molecular flexibility index (Phi) is 5.17. The fraction of sp³-hybridized carbons (Fsp3) is 0.320. The molecule has 0 fully saturated rings. The molecule has 1 aromatic heterocycles. The highest BCUT2D eigenvalue weighted by atomic mass is 16.6. The summed E-state index contributed by atoms with van der Waals surface area (Å²) < 4.78 is 30.6. The average molecular weight is 435 g/mol. The number of ether oxygens (including phenoxy) is 5. The fourth-order valence-electron chi connectivity index (χ4n) is 4.36. The van der Waals surface area contributed by atoms with Crippen LogP contribution in [0.1, 0.15) is 11.1 Å². The first kappa shape index (κ1) is 20.3. The summed E-state index contributed by atoms with van der Waals surface area (Å²) in [7, 11) is 3.23. The summed E-state index contributed by atoms with van der Waals surface area (Å²) in [6, 6.07) is 13.0. The molecule has 0 N–H and O–H groups in total. The highest BCUT2D eigenvalue weighted by Crippen LogP contribution is 2.40. The van der Waals surface area contributed by atoms with Crippen LogP contribution < -0.4 is 29.2 Å². The Hall–Kier alpha value is -3.61. The molecule has 2 aliphatic rings. The molecule has 0 aliphatic carbocycles. The van der Waals surface area contributed by atoms with E-state index in [9.17, 15) is 4.79 Å². The molecular formula is C25H25NO6. The van der Waals surface area contributed by atoms with Crippen molar-refractivity contribution in [1.29, 1.82) is 0 Å². The van der Waals surface area contributed by atoms with Crippen molar-refractivity contribution in [2.75, 3.05) is 27.4 Å². The van der Waals surface area contributed by atoms with Gasteiger partial charge in [0.05, 0.1) is 19.9 Å². The molecular weight excluding hydrogens is 410 g/mol. The third-order valence-electron chi connectivity index (χ3n) is 5.98. The van der Waals surface area contributed by atoms with E-state index < -0.39 is 0 Å². The standard InChI is InChI=1S/C25H25NO6/c1-15-21(31-14-17-13-30-19-6-4-5-7-20(19)32-17)12-24(27)26-9-8-16-10-22(28-2)23(29-3)11-18(16)25(15)26/h4-7,10-12,17H,8-9,13-14H2,1-3H3. The molecule has 166 valence electrons. The third-order valence-corrected chi connectivity index (χ3v) is 5.98. The van der Waals surface area contributed by atoms with Crippen LogP contribution in [0.5, 0.6) is 28.7 Å². The van der Waals surface area contributed by atoms with E-state index in [1.54, 1.807) is 24.9 Å². The molecule has 0 saturated heterocycles. The van der Waals surface area contributed by atoms with Crippen LogP contribution in [0.3, 0.4) is 0 Å². The molecule has 3 heterocycles. The number of methoxy groups -OCH3 is 2. The molecule has 32 heavy (non-hydrogen) atoms. The minimum absolute atomic E-state index is 0.0906. The minimum atomic E-state index is -0.264. The normalized spacial score (nSPS) is 16.0. The number of fused-ring (bicyclic) bond motifs is 4. The Balaban J connectivity index is 1.46. The van der Waals surface area contributed by atoms with E-state index in [4.69, 9.17) is 23.7 Å². The first-order valence-corrected chi connectivity index (χ1v) is 10.6. The minimum Gasteiger partial charge on any atom is -0.493 e. The van der Waals surface area contributed by atoms with Crippen molar-refractivity contribution >= 4 is 0 Å². The van der Waals surface area contributed by atoms with Gasteiger partial charge in [-0.15, -0.1) is 0 Å². The van der Waals surface area contributed by atoms with Crippen LogP contribution in [-0.2, 0) is 13.0 Å². The molecule has 0 saturated carbocycles. The monoisotopic (exact) mass is 435 g/mol. The van der Waals surface area contributed by atoms with Crippen molar-refractivity contribution < 1.29 is 23.7 Å². The number of para-hydroxylation sites is 2. The molecule has 2 aromatic carbocycles. The lowest BCUT2D eigenvalue weighted by atomic mass is 9.93. The second kappa shape index (κ2) is 8.15. The first-order valence-electron chi connectivity index (χ1n) is 10.6. The summed E-state index contributed by atoms with van der Waals surface area (Å²) in [6.07, 6.45) is 0.481. The summed E-state index contributed by atoms with van der Waals surface area (Å²) in [5, 5.41) is 0. The summed E-state index contributed by atoms with van der Waals surface area (Å²) in [4.78, 5) is 12.9. The molecule has 7 nitrogen and oxygen atoms in total. The van der Waals surface area contributed by atoms with E-state index in [2.05, 4.69) is 0 Å². The Labute approximate surface area is 186 Å². The molecule has 0 bridgehead atoms. The van der Waals surface area contributed by atoms with E-state index >= 15 is 0 Å². The van der Waals surface area contributed by atoms with Crippen molar-refractivity contribution in [2.24, 2.45) is 0 Å². The van der Waals surface area contributed by atoms with E-state index in [-0.39, 0.29) is 18.3 Å². The predicted molar refractivity (Wildman–Crippen MR) is 120 cm³/mol. The molecule has 0 radical (unpaired) electrons. The van der Waals surface area contributed by atoms with Crippen LogP contribution >= 0.6 is 0 Å². The van der Waals surface area contributed by atoms with Crippen LogP contribution in [0.4, 0.5) is 0 Å². The molecule has 0 spiro atoms. The number of hydrogen-bond donors (Lipinski definition) is 0. The maximum Gasteiger partial charge on any atom is 0.254 e. The Bertz CT molecular complexity index is 1230. The zero-order valence-electron chi connectivity index (χ0n) is 18.3. The van der Waals surface area contributed by atoms with Gasteiger partial charge in [-0.2, -0.15) is 0 Å². The van der Waals surface area contributed by atoms with E-state index in [1.807, 2.05) is 43.3 Å². The molecule has 2 aliphatic heterocycles. The van der Waals surface area contributed by atoms with Gasteiger partial charge in [0.25, 0.3) is 5.56 Å². The van der Waals surface area contributed by atoms with Crippen LogP contribution in [0.2, 0.25) is 0 Å². The SMILES string of the molecule is COc1cc2c(cc1OC)-c1c(C)c(OCC3COc4ccccc4O3)cc(=O)n1CC2. The summed E-state index contributed by atoms with van der Waals surface area (Å²) in [5.41, 5.74) is 3.73. The van der Waals surface area contributed by atoms with Crippen molar-refractivity contribution in [3.63, 3.8) is 0 Å². The highest BCUT2D eigenvalue weighted by molar-refractivity contribution is 5.74. The average Bonchev–Trinajstić information content (AvgIpc) is 2.83. The van der Waals surface area contributed by atoms with Gasteiger partial charge in [0.15, 0.2) is 29.1 Å². The Morgan fingerprint density at radius 2 is 1.78 bits per heavy atom. The third kappa shape index (κ3) is 3.43. The van der Waals surface area contributed by atoms with Gasteiger partial charge in [-0.3, -0.25) is 4.79 Å². The predicted octanol–water partition coefficient (Wildman–Crippen LogP) is 3.62. The van der Waals surface area contributed by atoms with E-state index in [1.165, 1.54) is 0 Å². The molecule has 5 rings (SSSR count). The van der Waals surface area contributed by atoms with Crippen LogP contribution in [0.15, 0.2) is 47.3 Å². The summed E-state index contributed by atoms with van der Waals surface area (Å²) >= 11 is 0. The van der Waals surface area contributed by atoms with Crippen LogP contribution in [0, 0.1) is 6.92 Å². The lowest BCUT2D eigenvalue weighted by Gasteiger charge is -2.28. The second-order valence-electron chi connectivity index (χ2n) is 7.90. The number of benzene rings is 2. The second-order valence-corrected chi connectivity index (χ2v) is 7.90. The number of hydrogen-bond acceptors (Lipinski definition) is 6. The van der Waals surface area contributed by atoms with E-state index in [0.717, 1.165) is 34.6 Å². The molecule has 7 heteroatoms. The number of pyridine rings is 1. The number of aromatic nitrogens is 1.